The first kappa shape index (κ1) is 17.1. The molecule has 3 N–H and O–H groups in total. The summed E-state index contributed by atoms with van der Waals surface area (Å²) < 4.78 is 10.8. The van der Waals surface area contributed by atoms with Crippen molar-refractivity contribution in [2.45, 2.75) is 6.92 Å². The fraction of sp³-hybridized carbons (Fsp3) is 0.235. The molecule has 0 saturated carbocycles. The highest BCUT2D eigenvalue weighted by Crippen LogP contribution is 2.24. The Morgan fingerprint density at radius 2 is 2.00 bits per heavy atom. The van der Waals surface area contributed by atoms with Crippen LogP contribution in [-0.4, -0.2) is 25.7 Å². The standard InChI is InChI=1S/C17H19ClN2O3/c1-2-22-9-10-23-16-6-4-3-5-13(16)17(21)20-12-7-8-14(18)15(19)11-12/h3-8,11H,2,9-10,19H2,1H3,(H,20,21). The Kier molecular flexibility index (Phi) is 6.26. The van der Waals surface area contributed by atoms with Crippen LogP contribution in [0.1, 0.15) is 17.3 Å². The third kappa shape index (κ3) is 4.87. The SMILES string of the molecule is CCOCCOc1ccccc1C(=O)Nc1ccc(Cl)c(N)c1. The van der Waals surface area contributed by atoms with E-state index in [2.05, 4.69) is 5.32 Å². The highest BCUT2D eigenvalue weighted by atomic mass is 35.5. The summed E-state index contributed by atoms with van der Waals surface area (Å²) in [5.74, 6) is 0.227. The van der Waals surface area contributed by atoms with Crippen molar-refractivity contribution in [2.24, 2.45) is 0 Å². The zero-order valence-electron chi connectivity index (χ0n) is 12.8. The summed E-state index contributed by atoms with van der Waals surface area (Å²) in [5.41, 5.74) is 7.16. The molecule has 1 amide bonds. The second-order valence-electron chi connectivity index (χ2n) is 4.73. The van der Waals surface area contributed by atoms with Gasteiger partial charge in [-0.15, -0.1) is 0 Å². The van der Waals surface area contributed by atoms with Crippen molar-refractivity contribution in [2.75, 3.05) is 30.9 Å². The monoisotopic (exact) mass is 334 g/mol. The molecule has 0 aliphatic heterocycles. The van der Waals surface area contributed by atoms with Gasteiger partial charge in [-0.05, 0) is 37.3 Å². The molecule has 2 aromatic carbocycles. The third-order valence-corrected chi connectivity index (χ3v) is 3.42. The number of rotatable bonds is 7. The molecule has 0 aromatic heterocycles. The predicted molar refractivity (Wildman–Crippen MR) is 92.2 cm³/mol. The van der Waals surface area contributed by atoms with Gasteiger partial charge in [0.2, 0.25) is 0 Å². The number of carbonyl (C=O) groups is 1. The molecule has 2 rings (SSSR count). The number of anilines is 2. The van der Waals surface area contributed by atoms with Crippen LogP contribution >= 0.6 is 11.6 Å². The summed E-state index contributed by atoms with van der Waals surface area (Å²) in [6.07, 6.45) is 0. The maximum Gasteiger partial charge on any atom is 0.259 e. The molecule has 0 heterocycles. The van der Waals surface area contributed by atoms with Crippen molar-refractivity contribution in [1.29, 1.82) is 0 Å². The molecule has 0 radical (unpaired) electrons. The molecule has 6 heteroatoms. The van der Waals surface area contributed by atoms with E-state index in [4.69, 9.17) is 26.8 Å². The Morgan fingerprint density at radius 1 is 1.22 bits per heavy atom. The molecule has 122 valence electrons. The molecule has 2 aromatic rings. The van der Waals surface area contributed by atoms with Crippen LogP contribution in [0.5, 0.6) is 5.75 Å². The first-order valence-electron chi connectivity index (χ1n) is 7.27. The Balaban J connectivity index is 2.07. The number of carbonyl (C=O) groups excluding carboxylic acids is 1. The van der Waals surface area contributed by atoms with Gasteiger partial charge in [-0.2, -0.15) is 0 Å². The summed E-state index contributed by atoms with van der Waals surface area (Å²) >= 11 is 5.87. The number of halogens is 1. The van der Waals surface area contributed by atoms with Gasteiger partial charge in [-0.3, -0.25) is 4.79 Å². The lowest BCUT2D eigenvalue weighted by Gasteiger charge is -2.12. The molecule has 23 heavy (non-hydrogen) atoms. The summed E-state index contributed by atoms with van der Waals surface area (Å²) in [6, 6.07) is 12.0. The van der Waals surface area contributed by atoms with Crippen LogP contribution in [0.4, 0.5) is 11.4 Å². The number of nitrogens with two attached hydrogens (primary N) is 1. The molecule has 0 unspecified atom stereocenters. The van der Waals surface area contributed by atoms with Gasteiger partial charge in [0.1, 0.15) is 12.4 Å². The van der Waals surface area contributed by atoms with Gasteiger partial charge in [0.05, 0.1) is 22.9 Å². The van der Waals surface area contributed by atoms with Gasteiger partial charge in [0.15, 0.2) is 0 Å². The molecule has 0 aliphatic rings. The van der Waals surface area contributed by atoms with Crippen molar-refractivity contribution in [1.82, 2.24) is 0 Å². The zero-order chi connectivity index (χ0) is 16.7. The van der Waals surface area contributed by atoms with Crippen molar-refractivity contribution in [3.8, 4) is 5.75 Å². The van der Waals surface area contributed by atoms with Crippen LogP contribution < -0.4 is 15.8 Å². The minimum absolute atomic E-state index is 0.279. The largest absolute Gasteiger partial charge is 0.490 e. The molecule has 0 spiro atoms. The van der Waals surface area contributed by atoms with E-state index in [0.717, 1.165) is 0 Å². The molecule has 0 saturated heterocycles. The van der Waals surface area contributed by atoms with Crippen LogP contribution in [0.3, 0.4) is 0 Å². The van der Waals surface area contributed by atoms with E-state index < -0.39 is 0 Å². The fourth-order valence-electron chi connectivity index (χ4n) is 1.95. The first-order chi connectivity index (χ1) is 11.1. The highest BCUT2D eigenvalue weighted by molar-refractivity contribution is 6.33. The predicted octanol–water partition coefficient (Wildman–Crippen LogP) is 3.59. The third-order valence-electron chi connectivity index (χ3n) is 3.07. The normalized spacial score (nSPS) is 10.3. The highest BCUT2D eigenvalue weighted by Gasteiger charge is 2.12. The molecule has 0 fully saturated rings. The minimum Gasteiger partial charge on any atom is -0.490 e. The Labute approximate surface area is 140 Å². The number of amides is 1. The average Bonchev–Trinajstić information content (AvgIpc) is 2.55. The van der Waals surface area contributed by atoms with Gasteiger partial charge < -0.3 is 20.5 Å². The van der Waals surface area contributed by atoms with E-state index in [-0.39, 0.29) is 5.91 Å². The number of benzene rings is 2. The summed E-state index contributed by atoms with van der Waals surface area (Å²) in [4.78, 5) is 12.4. The summed E-state index contributed by atoms with van der Waals surface area (Å²) in [5, 5.41) is 3.23. The number of para-hydroxylation sites is 1. The second kappa shape index (κ2) is 8.41. The van der Waals surface area contributed by atoms with E-state index in [1.165, 1.54) is 0 Å². The number of nitrogens with one attached hydrogen (secondary N) is 1. The maximum atomic E-state index is 12.4. The topological polar surface area (TPSA) is 73.6 Å². The van der Waals surface area contributed by atoms with E-state index >= 15 is 0 Å². The molecular formula is C17H19ClN2O3. The molecule has 0 aliphatic carbocycles. The van der Waals surface area contributed by atoms with Crippen LogP contribution in [0, 0.1) is 0 Å². The van der Waals surface area contributed by atoms with Crippen LogP contribution in [0.2, 0.25) is 5.02 Å². The van der Waals surface area contributed by atoms with E-state index in [0.29, 0.717) is 47.5 Å². The Hall–Kier alpha value is -2.24. The smallest absolute Gasteiger partial charge is 0.259 e. The zero-order valence-corrected chi connectivity index (χ0v) is 13.6. The fourth-order valence-corrected chi connectivity index (χ4v) is 2.07. The van der Waals surface area contributed by atoms with E-state index in [1.807, 2.05) is 13.0 Å². The van der Waals surface area contributed by atoms with Gasteiger partial charge in [0, 0.05) is 12.3 Å². The number of nitrogen functional groups attached to an aromatic ring is 1. The van der Waals surface area contributed by atoms with Crippen molar-refractivity contribution >= 4 is 28.9 Å². The van der Waals surface area contributed by atoms with Crippen molar-refractivity contribution in [3.63, 3.8) is 0 Å². The van der Waals surface area contributed by atoms with Gasteiger partial charge in [-0.1, -0.05) is 23.7 Å². The molecule has 0 atom stereocenters. The van der Waals surface area contributed by atoms with Crippen molar-refractivity contribution < 1.29 is 14.3 Å². The molecule has 0 bridgehead atoms. The van der Waals surface area contributed by atoms with Crippen LogP contribution in [0.15, 0.2) is 42.5 Å². The molecular weight excluding hydrogens is 316 g/mol. The quantitative estimate of drug-likeness (QED) is 0.599. The molecule has 5 nitrogen and oxygen atoms in total. The summed E-state index contributed by atoms with van der Waals surface area (Å²) in [6.45, 7) is 3.40. The lowest BCUT2D eigenvalue weighted by Crippen LogP contribution is -2.15. The van der Waals surface area contributed by atoms with E-state index in [9.17, 15) is 4.79 Å². The number of ether oxygens (including phenoxy) is 2. The lowest BCUT2D eigenvalue weighted by atomic mass is 10.2. The van der Waals surface area contributed by atoms with Gasteiger partial charge in [0.25, 0.3) is 5.91 Å². The Morgan fingerprint density at radius 3 is 2.74 bits per heavy atom. The van der Waals surface area contributed by atoms with Crippen molar-refractivity contribution in [3.05, 3.63) is 53.1 Å². The Bertz CT molecular complexity index is 677. The second-order valence-corrected chi connectivity index (χ2v) is 5.14. The minimum atomic E-state index is -0.279. The average molecular weight is 335 g/mol. The first-order valence-corrected chi connectivity index (χ1v) is 7.65. The van der Waals surface area contributed by atoms with Crippen LogP contribution in [0.25, 0.3) is 0 Å². The maximum absolute atomic E-state index is 12.4. The van der Waals surface area contributed by atoms with Gasteiger partial charge in [-0.25, -0.2) is 0 Å². The van der Waals surface area contributed by atoms with Crippen LogP contribution in [-0.2, 0) is 4.74 Å². The summed E-state index contributed by atoms with van der Waals surface area (Å²) in [7, 11) is 0. The lowest BCUT2D eigenvalue weighted by molar-refractivity contribution is 0.0998. The van der Waals surface area contributed by atoms with Gasteiger partial charge >= 0.3 is 0 Å². The number of hydrogen-bond acceptors (Lipinski definition) is 4. The number of hydrogen-bond donors (Lipinski definition) is 2. The van der Waals surface area contributed by atoms with E-state index in [1.54, 1.807) is 36.4 Å².